The number of hydrogen-bond acceptors (Lipinski definition) is 2. The molecule has 0 aliphatic heterocycles. The standard InChI is InChI=1S/C14H14F2N2/c1-9-6-10(8-11(15)7-9)14(18-17)12-4-2-3-5-13(12)16/h2-8,14,18H,17H2,1H3. The molecule has 0 amide bonds. The fraction of sp³-hybridized carbons (Fsp3) is 0.143. The second-order valence-corrected chi connectivity index (χ2v) is 4.18. The van der Waals surface area contributed by atoms with Crippen molar-refractivity contribution in [2.45, 2.75) is 13.0 Å². The molecule has 18 heavy (non-hydrogen) atoms. The van der Waals surface area contributed by atoms with Gasteiger partial charge in [0, 0.05) is 5.56 Å². The molecule has 2 aromatic carbocycles. The molecule has 4 heteroatoms. The lowest BCUT2D eigenvalue weighted by atomic mass is 9.97. The van der Waals surface area contributed by atoms with Crippen LogP contribution >= 0.6 is 0 Å². The Morgan fingerprint density at radius 1 is 1.11 bits per heavy atom. The molecular weight excluding hydrogens is 234 g/mol. The summed E-state index contributed by atoms with van der Waals surface area (Å²) in [4.78, 5) is 0. The first-order valence-corrected chi connectivity index (χ1v) is 5.59. The van der Waals surface area contributed by atoms with Crippen LogP contribution in [0.1, 0.15) is 22.7 Å². The molecular formula is C14H14F2N2. The van der Waals surface area contributed by atoms with Crippen LogP contribution in [-0.2, 0) is 0 Å². The molecule has 94 valence electrons. The lowest BCUT2D eigenvalue weighted by Crippen LogP contribution is -2.29. The number of hydrazine groups is 1. The molecule has 0 heterocycles. The van der Waals surface area contributed by atoms with Crippen LogP contribution in [0.2, 0.25) is 0 Å². The lowest BCUT2D eigenvalue weighted by molar-refractivity contribution is 0.555. The Labute approximate surface area is 104 Å². The molecule has 2 aromatic rings. The molecule has 0 aromatic heterocycles. The second-order valence-electron chi connectivity index (χ2n) is 4.18. The zero-order chi connectivity index (χ0) is 13.1. The number of aryl methyl sites for hydroxylation is 1. The number of hydrogen-bond donors (Lipinski definition) is 2. The summed E-state index contributed by atoms with van der Waals surface area (Å²) in [5.41, 5.74) is 4.28. The van der Waals surface area contributed by atoms with Crippen LogP contribution in [0.5, 0.6) is 0 Å². The van der Waals surface area contributed by atoms with E-state index in [2.05, 4.69) is 5.43 Å². The minimum Gasteiger partial charge on any atom is -0.271 e. The minimum atomic E-state index is -0.569. The van der Waals surface area contributed by atoms with E-state index in [1.165, 1.54) is 18.2 Å². The predicted molar refractivity (Wildman–Crippen MR) is 66.7 cm³/mol. The first-order valence-electron chi connectivity index (χ1n) is 5.59. The molecule has 0 saturated heterocycles. The largest absolute Gasteiger partial charge is 0.271 e. The molecule has 0 spiro atoms. The van der Waals surface area contributed by atoms with Gasteiger partial charge in [-0.25, -0.2) is 14.2 Å². The fourth-order valence-electron chi connectivity index (χ4n) is 2.01. The topological polar surface area (TPSA) is 38.0 Å². The van der Waals surface area contributed by atoms with E-state index < -0.39 is 6.04 Å². The van der Waals surface area contributed by atoms with Gasteiger partial charge in [0.2, 0.25) is 0 Å². The van der Waals surface area contributed by atoms with Crippen LogP contribution in [0, 0.1) is 18.6 Å². The van der Waals surface area contributed by atoms with Gasteiger partial charge in [0.1, 0.15) is 11.6 Å². The maximum Gasteiger partial charge on any atom is 0.128 e. The lowest BCUT2D eigenvalue weighted by Gasteiger charge is -2.18. The average Bonchev–Trinajstić information content (AvgIpc) is 2.31. The van der Waals surface area contributed by atoms with Crippen molar-refractivity contribution >= 4 is 0 Å². The van der Waals surface area contributed by atoms with Crippen molar-refractivity contribution in [3.63, 3.8) is 0 Å². The van der Waals surface area contributed by atoms with E-state index in [1.807, 2.05) is 0 Å². The van der Waals surface area contributed by atoms with Crippen molar-refractivity contribution in [2.24, 2.45) is 5.84 Å². The van der Waals surface area contributed by atoms with Crippen LogP contribution in [-0.4, -0.2) is 0 Å². The number of halogens is 2. The van der Waals surface area contributed by atoms with Gasteiger partial charge in [-0.3, -0.25) is 5.84 Å². The summed E-state index contributed by atoms with van der Waals surface area (Å²) in [5, 5.41) is 0. The molecule has 2 nitrogen and oxygen atoms in total. The maximum atomic E-state index is 13.7. The van der Waals surface area contributed by atoms with Gasteiger partial charge in [-0.05, 0) is 36.2 Å². The average molecular weight is 248 g/mol. The van der Waals surface area contributed by atoms with Crippen molar-refractivity contribution in [1.82, 2.24) is 5.43 Å². The third kappa shape index (κ3) is 2.55. The van der Waals surface area contributed by atoms with Gasteiger partial charge >= 0.3 is 0 Å². The zero-order valence-corrected chi connectivity index (χ0v) is 9.95. The summed E-state index contributed by atoms with van der Waals surface area (Å²) in [6.45, 7) is 1.78. The summed E-state index contributed by atoms with van der Waals surface area (Å²) >= 11 is 0. The highest BCUT2D eigenvalue weighted by molar-refractivity contribution is 5.35. The molecule has 1 atom stereocenters. The number of nitrogens with one attached hydrogen (secondary N) is 1. The number of rotatable bonds is 3. The van der Waals surface area contributed by atoms with Gasteiger partial charge < -0.3 is 0 Å². The summed E-state index contributed by atoms with van der Waals surface area (Å²) in [6, 6.07) is 10.3. The Kier molecular flexibility index (Phi) is 3.69. The van der Waals surface area contributed by atoms with E-state index in [1.54, 1.807) is 31.2 Å². The maximum absolute atomic E-state index is 13.7. The molecule has 0 fully saturated rings. The Morgan fingerprint density at radius 2 is 1.83 bits per heavy atom. The van der Waals surface area contributed by atoms with Crippen LogP contribution < -0.4 is 11.3 Å². The highest BCUT2D eigenvalue weighted by atomic mass is 19.1. The summed E-state index contributed by atoms with van der Waals surface area (Å²) in [6.07, 6.45) is 0. The van der Waals surface area contributed by atoms with Gasteiger partial charge in [0.25, 0.3) is 0 Å². The van der Waals surface area contributed by atoms with Gasteiger partial charge in [-0.2, -0.15) is 0 Å². The molecule has 0 aliphatic carbocycles. The molecule has 2 rings (SSSR count). The quantitative estimate of drug-likeness (QED) is 0.647. The fourth-order valence-corrected chi connectivity index (χ4v) is 2.01. The molecule has 1 unspecified atom stereocenters. The van der Waals surface area contributed by atoms with Crippen molar-refractivity contribution < 1.29 is 8.78 Å². The van der Waals surface area contributed by atoms with Crippen molar-refractivity contribution in [1.29, 1.82) is 0 Å². The van der Waals surface area contributed by atoms with E-state index >= 15 is 0 Å². The van der Waals surface area contributed by atoms with E-state index in [0.717, 1.165) is 5.56 Å². The van der Waals surface area contributed by atoms with Crippen LogP contribution in [0.25, 0.3) is 0 Å². The van der Waals surface area contributed by atoms with E-state index in [4.69, 9.17) is 5.84 Å². The molecule has 0 saturated carbocycles. The Morgan fingerprint density at radius 3 is 2.44 bits per heavy atom. The van der Waals surface area contributed by atoms with E-state index in [9.17, 15) is 8.78 Å². The van der Waals surface area contributed by atoms with Crippen LogP contribution in [0.15, 0.2) is 42.5 Å². The summed E-state index contributed by atoms with van der Waals surface area (Å²) in [7, 11) is 0. The first-order chi connectivity index (χ1) is 8.61. The molecule has 0 radical (unpaired) electrons. The highest BCUT2D eigenvalue weighted by Gasteiger charge is 2.16. The molecule has 0 bridgehead atoms. The Hall–Kier alpha value is -1.78. The van der Waals surface area contributed by atoms with E-state index in [-0.39, 0.29) is 11.6 Å². The summed E-state index contributed by atoms with van der Waals surface area (Å²) in [5.74, 6) is 4.73. The molecule has 3 N–H and O–H groups in total. The smallest absolute Gasteiger partial charge is 0.128 e. The highest BCUT2D eigenvalue weighted by Crippen LogP contribution is 2.25. The number of benzene rings is 2. The van der Waals surface area contributed by atoms with Crippen molar-refractivity contribution in [3.05, 3.63) is 70.8 Å². The normalized spacial score (nSPS) is 12.4. The first kappa shape index (κ1) is 12.7. The van der Waals surface area contributed by atoms with Crippen LogP contribution in [0.3, 0.4) is 0 Å². The Bertz CT molecular complexity index is 535. The third-order valence-corrected chi connectivity index (χ3v) is 2.78. The minimum absolute atomic E-state index is 0.360. The van der Waals surface area contributed by atoms with E-state index in [0.29, 0.717) is 11.1 Å². The SMILES string of the molecule is Cc1cc(F)cc(C(NN)c2ccccc2F)c1. The van der Waals surface area contributed by atoms with Gasteiger partial charge in [0.15, 0.2) is 0 Å². The van der Waals surface area contributed by atoms with Gasteiger partial charge in [-0.1, -0.05) is 24.3 Å². The predicted octanol–water partition coefficient (Wildman–Crippen LogP) is 2.83. The monoisotopic (exact) mass is 248 g/mol. The van der Waals surface area contributed by atoms with Crippen molar-refractivity contribution in [3.8, 4) is 0 Å². The van der Waals surface area contributed by atoms with Crippen molar-refractivity contribution in [2.75, 3.05) is 0 Å². The third-order valence-electron chi connectivity index (χ3n) is 2.78. The van der Waals surface area contributed by atoms with Crippen LogP contribution in [0.4, 0.5) is 8.78 Å². The molecule has 0 aliphatic rings. The zero-order valence-electron chi connectivity index (χ0n) is 9.95. The number of nitrogens with two attached hydrogens (primary N) is 1. The summed E-state index contributed by atoms with van der Waals surface area (Å²) < 4.78 is 27.1. The van der Waals surface area contributed by atoms with Gasteiger partial charge in [-0.15, -0.1) is 0 Å². The second kappa shape index (κ2) is 5.25. The van der Waals surface area contributed by atoms with Gasteiger partial charge in [0.05, 0.1) is 6.04 Å². The Balaban J connectivity index is 2.48.